The van der Waals surface area contributed by atoms with Crippen molar-refractivity contribution in [2.24, 2.45) is 0 Å². The zero-order valence-corrected chi connectivity index (χ0v) is 17.2. The van der Waals surface area contributed by atoms with Gasteiger partial charge in [0.25, 0.3) is 0 Å². The van der Waals surface area contributed by atoms with Crippen LogP contribution < -0.4 is 10.1 Å². The fourth-order valence-electron chi connectivity index (χ4n) is 6.72. The molecule has 4 aliphatic rings. The predicted octanol–water partition coefficient (Wildman–Crippen LogP) is 1.87. The molecule has 2 saturated heterocycles. The van der Waals surface area contributed by atoms with Crippen LogP contribution in [0, 0.1) is 0 Å². The predicted molar refractivity (Wildman–Crippen MR) is 104 cm³/mol. The quantitative estimate of drug-likeness (QED) is 0.690. The Hall–Kier alpha value is -2.13. The van der Waals surface area contributed by atoms with E-state index < -0.39 is 35.3 Å². The van der Waals surface area contributed by atoms with E-state index in [9.17, 15) is 27.9 Å². The third-order valence-electron chi connectivity index (χ3n) is 8.04. The fourth-order valence-corrected chi connectivity index (χ4v) is 6.72. The highest BCUT2D eigenvalue weighted by atomic mass is 19.4. The number of carbonyl (C=O) groups excluding carboxylic acids is 2. The Bertz CT molecular complexity index is 967. The van der Waals surface area contributed by atoms with Gasteiger partial charge in [0.1, 0.15) is 11.3 Å². The number of methoxy groups -OCH3 is 1. The van der Waals surface area contributed by atoms with E-state index in [1.54, 1.807) is 6.07 Å². The lowest BCUT2D eigenvalue weighted by molar-refractivity contribution is -0.209. The van der Waals surface area contributed by atoms with Gasteiger partial charge >= 0.3 is 6.18 Å². The van der Waals surface area contributed by atoms with Crippen molar-refractivity contribution in [3.8, 4) is 5.75 Å². The minimum Gasteiger partial charge on any atom is -0.497 e. The Balaban J connectivity index is 1.66. The number of ether oxygens (including phenoxy) is 1. The topological polar surface area (TPSA) is 78.9 Å². The SMILES string of the molecule is COc1ccc2c(c1)[C@]13CCN(CC(F)(F)F)[C@H](C2)[C@]1(O)CC[C@@]1(C3)NC(=O)CC1=O. The summed E-state index contributed by atoms with van der Waals surface area (Å²) in [6, 6.07) is 4.74. The molecule has 1 spiro atoms. The summed E-state index contributed by atoms with van der Waals surface area (Å²) in [5.41, 5.74) is -1.76. The molecule has 3 fully saturated rings. The lowest BCUT2D eigenvalue weighted by Gasteiger charge is -2.66. The second kappa shape index (κ2) is 6.45. The summed E-state index contributed by atoms with van der Waals surface area (Å²) in [7, 11) is 1.53. The van der Waals surface area contributed by atoms with Gasteiger partial charge in [-0.3, -0.25) is 14.5 Å². The molecule has 0 aromatic heterocycles. The molecule has 168 valence electrons. The van der Waals surface area contributed by atoms with Crippen molar-refractivity contribution < 1.29 is 32.6 Å². The van der Waals surface area contributed by atoms with E-state index in [0.29, 0.717) is 12.2 Å². The van der Waals surface area contributed by atoms with Crippen molar-refractivity contribution in [3.05, 3.63) is 29.3 Å². The van der Waals surface area contributed by atoms with Crippen LogP contribution >= 0.6 is 0 Å². The summed E-state index contributed by atoms with van der Waals surface area (Å²) in [5, 5.41) is 14.9. The Morgan fingerprint density at radius 2 is 2.03 bits per heavy atom. The van der Waals surface area contributed by atoms with Crippen LogP contribution in [0.2, 0.25) is 0 Å². The number of piperidine rings is 1. The van der Waals surface area contributed by atoms with E-state index in [2.05, 4.69) is 5.32 Å². The maximum atomic E-state index is 13.3. The van der Waals surface area contributed by atoms with Gasteiger partial charge < -0.3 is 15.2 Å². The molecule has 2 heterocycles. The Kier molecular flexibility index (Phi) is 4.32. The molecule has 6 nitrogen and oxygen atoms in total. The van der Waals surface area contributed by atoms with Gasteiger partial charge in [-0.05, 0) is 61.9 Å². The van der Waals surface area contributed by atoms with Gasteiger partial charge in [-0.2, -0.15) is 13.2 Å². The molecule has 0 unspecified atom stereocenters. The van der Waals surface area contributed by atoms with Gasteiger partial charge in [0, 0.05) is 11.5 Å². The van der Waals surface area contributed by atoms with E-state index in [0.717, 1.165) is 11.1 Å². The number of likely N-dealkylation sites (tertiary alicyclic amines) is 1. The molecule has 2 aliphatic carbocycles. The van der Waals surface area contributed by atoms with Crippen LogP contribution in [0.15, 0.2) is 18.2 Å². The summed E-state index contributed by atoms with van der Waals surface area (Å²) < 4.78 is 45.3. The number of hydrogen-bond donors (Lipinski definition) is 2. The second-order valence-electron chi connectivity index (χ2n) is 9.49. The van der Waals surface area contributed by atoms with Crippen LogP contribution in [0.4, 0.5) is 13.2 Å². The van der Waals surface area contributed by atoms with Crippen molar-refractivity contribution in [2.75, 3.05) is 20.2 Å². The number of nitrogens with zero attached hydrogens (tertiary/aromatic N) is 1. The monoisotopic (exact) mass is 438 g/mol. The number of aliphatic hydroxyl groups is 1. The molecule has 0 radical (unpaired) electrons. The number of amides is 1. The highest BCUT2D eigenvalue weighted by molar-refractivity contribution is 6.10. The maximum absolute atomic E-state index is 13.3. The Morgan fingerprint density at radius 1 is 1.26 bits per heavy atom. The molecule has 2 N–H and O–H groups in total. The summed E-state index contributed by atoms with van der Waals surface area (Å²) in [6.07, 6.45) is -3.44. The number of halogens is 3. The molecular weight excluding hydrogens is 413 g/mol. The number of rotatable bonds is 2. The summed E-state index contributed by atoms with van der Waals surface area (Å²) in [4.78, 5) is 26.2. The van der Waals surface area contributed by atoms with Crippen LogP contribution in [0.3, 0.4) is 0 Å². The Morgan fingerprint density at radius 3 is 2.68 bits per heavy atom. The van der Waals surface area contributed by atoms with E-state index in [1.807, 2.05) is 12.1 Å². The summed E-state index contributed by atoms with van der Waals surface area (Å²) in [5.74, 6) is 0.0610. The summed E-state index contributed by atoms with van der Waals surface area (Å²) >= 11 is 0. The second-order valence-corrected chi connectivity index (χ2v) is 9.49. The maximum Gasteiger partial charge on any atom is 0.401 e. The van der Waals surface area contributed by atoms with E-state index >= 15 is 0 Å². The number of ketones is 1. The first-order valence-electron chi connectivity index (χ1n) is 10.6. The highest BCUT2D eigenvalue weighted by Gasteiger charge is 2.69. The smallest absolute Gasteiger partial charge is 0.401 e. The van der Waals surface area contributed by atoms with Gasteiger partial charge in [0.2, 0.25) is 5.91 Å². The van der Waals surface area contributed by atoms with E-state index in [-0.39, 0.29) is 50.3 Å². The first-order chi connectivity index (χ1) is 14.5. The third kappa shape index (κ3) is 2.85. The summed E-state index contributed by atoms with van der Waals surface area (Å²) in [6.45, 7) is -0.927. The Labute approximate surface area is 177 Å². The van der Waals surface area contributed by atoms with Crippen molar-refractivity contribution in [3.63, 3.8) is 0 Å². The van der Waals surface area contributed by atoms with Gasteiger partial charge in [-0.1, -0.05) is 6.07 Å². The zero-order valence-electron chi connectivity index (χ0n) is 17.2. The lowest BCUT2D eigenvalue weighted by atomic mass is 9.46. The van der Waals surface area contributed by atoms with Gasteiger partial charge in [-0.25, -0.2) is 0 Å². The molecule has 31 heavy (non-hydrogen) atoms. The van der Waals surface area contributed by atoms with E-state index in [1.165, 1.54) is 12.0 Å². The highest BCUT2D eigenvalue weighted by Crippen LogP contribution is 2.61. The molecule has 1 aromatic carbocycles. The minimum absolute atomic E-state index is 0.148. The van der Waals surface area contributed by atoms with Crippen molar-refractivity contribution in [2.45, 2.75) is 67.3 Å². The largest absolute Gasteiger partial charge is 0.497 e. The van der Waals surface area contributed by atoms with Crippen molar-refractivity contribution in [1.29, 1.82) is 0 Å². The van der Waals surface area contributed by atoms with Gasteiger partial charge in [-0.15, -0.1) is 0 Å². The minimum atomic E-state index is -4.37. The fraction of sp³-hybridized carbons (Fsp3) is 0.636. The molecule has 1 aromatic rings. The number of nitrogens with one attached hydrogen (secondary N) is 1. The number of fused-ring (bicyclic) bond motifs is 1. The first kappa shape index (κ1) is 20.8. The molecule has 2 bridgehead atoms. The van der Waals surface area contributed by atoms with Gasteiger partial charge in [0.15, 0.2) is 5.78 Å². The molecular formula is C22H25F3N2O4. The van der Waals surface area contributed by atoms with Crippen LogP contribution in [-0.2, 0) is 21.4 Å². The van der Waals surface area contributed by atoms with Crippen LogP contribution in [0.1, 0.15) is 43.2 Å². The normalized spacial score (nSPS) is 37.4. The molecule has 9 heteroatoms. The van der Waals surface area contributed by atoms with Crippen LogP contribution in [0.5, 0.6) is 5.75 Å². The molecule has 2 aliphatic heterocycles. The van der Waals surface area contributed by atoms with Crippen LogP contribution in [0.25, 0.3) is 0 Å². The number of Topliss-reactive ketones (excluding diaryl/α,β-unsaturated/α-hetero) is 1. The first-order valence-corrected chi connectivity index (χ1v) is 10.6. The average molecular weight is 438 g/mol. The number of carbonyl (C=O) groups is 2. The van der Waals surface area contributed by atoms with Gasteiger partial charge in [0.05, 0.1) is 25.7 Å². The van der Waals surface area contributed by atoms with Crippen molar-refractivity contribution in [1.82, 2.24) is 10.2 Å². The number of benzene rings is 1. The van der Waals surface area contributed by atoms with Crippen LogP contribution in [-0.4, -0.2) is 65.3 Å². The average Bonchev–Trinajstić information content (AvgIpc) is 2.96. The zero-order chi connectivity index (χ0) is 22.2. The molecule has 5 rings (SSSR count). The molecule has 1 amide bonds. The lowest BCUT2D eigenvalue weighted by Crippen LogP contribution is -2.76. The van der Waals surface area contributed by atoms with Crippen molar-refractivity contribution >= 4 is 11.7 Å². The number of alkyl halides is 3. The number of hydrogen-bond acceptors (Lipinski definition) is 5. The third-order valence-corrected chi connectivity index (χ3v) is 8.04. The van der Waals surface area contributed by atoms with E-state index in [4.69, 9.17) is 4.74 Å². The molecule has 4 atom stereocenters. The molecule has 1 saturated carbocycles. The standard InChI is InChI=1S/C22H25F3N2O4/c1-31-14-3-2-13-8-16-21(30)5-4-20(17(28)10-18(29)26-20)11-19(21,15(13)9-14)6-7-27(16)12-22(23,24)25/h2-3,9,16,30H,4-8,10-12H2,1H3,(H,26,29)/t16-,19-,20+,21-/m1/s1.